The Morgan fingerprint density at radius 2 is 1.83 bits per heavy atom. The van der Waals surface area contributed by atoms with Gasteiger partial charge in [-0.15, -0.1) is 0 Å². The molecule has 2 fully saturated rings. The summed E-state index contributed by atoms with van der Waals surface area (Å²) in [5.74, 6) is 0.720. The Bertz CT molecular complexity index is 779. The van der Waals surface area contributed by atoms with Crippen LogP contribution in [0.2, 0.25) is 0 Å². The highest BCUT2D eigenvalue weighted by Crippen LogP contribution is 2.43. The minimum Gasteiger partial charge on any atom is -0.492 e. The van der Waals surface area contributed by atoms with E-state index in [0.717, 1.165) is 23.5 Å². The number of ether oxygens (including phenoxy) is 1. The van der Waals surface area contributed by atoms with Crippen molar-refractivity contribution in [3.8, 4) is 5.75 Å². The van der Waals surface area contributed by atoms with Crippen molar-refractivity contribution in [2.75, 3.05) is 26.7 Å². The van der Waals surface area contributed by atoms with Gasteiger partial charge in [-0.1, -0.05) is 39.0 Å². The summed E-state index contributed by atoms with van der Waals surface area (Å²) in [6.45, 7) is 7.12. The van der Waals surface area contributed by atoms with Crippen LogP contribution in [0.1, 0.15) is 46.5 Å². The third-order valence-electron chi connectivity index (χ3n) is 6.47. The highest BCUT2D eigenvalue weighted by molar-refractivity contribution is 6.09. The quantitative estimate of drug-likeness (QED) is 0.725. The number of hydrogen-bond acceptors (Lipinski definition) is 4. The van der Waals surface area contributed by atoms with Crippen LogP contribution < -0.4 is 10.1 Å². The number of carbonyl (C=O) groups excluding carboxylic acids is 3. The molecule has 164 valence electrons. The molecule has 1 N–H and O–H groups in total. The molecule has 4 amide bonds. The van der Waals surface area contributed by atoms with Gasteiger partial charge in [-0.25, -0.2) is 4.79 Å². The van der Waals surface area contributed by atoms with Gasteiger partial charge < -0.3 is 15.0 Å². The van der Waals surface area contributed by atoms with Gasteiger partial charge in [0.25, 0.3) is 5.91 Å². The van der Waals surface area contributed by atoms with Crippen LogP contribution in [0.4, 0.5) is 4.79 Å². The Balaban J connectivity index is 1.52. The zero-order valence-corrected chi connectivity index (χ0v) is 18.4. The third kappa shape index (κ3) is 4.77. The standard InChI is InChI=1S/C23H33N3O4/c1-22(2,3)17-10-12-23(13-11-17)20(28)26(21(29)24-23)16-19(27)25(4)14-15-30-18-8-6-5-7-9-18/h5-9,17H,10-16H2,1-4H3,(H,24,29). The fourth-order valence-corrected chi connectivity index (χ4v) is 4.33. The van der Waals surface area contributed by atoms with E-state index in [1.165, 1.54) is 4.90 Å². The van der Waals surface area contributed by atoms with E-state index >= 15 is 0 Å². The molecule has 1 aromatic rings. The second-order valence-corrected chi connectivity index (χ2v) is 9.52. The summed E-state index contributed by atoms with van der Waals surface area (Å²) in [6, 6.07) is 8.91. The third-order valence-corrected chi connectivity index (χ3v) is 6.47. The lowest BCUT2D eigenvalue weighted by molar-refractivity contribution is -0.139. The van der Waals surface area contributed by atoms with E-state index in [1.54, 1.807) is 7.05 Å². The number of carbonyl (C=O) groups is 3. The van der Waals surface area contributed by atoms with E-state index in [9.17, 15) is 14.4 Å². The number of nitrogens with one attached hydrogen (secondary N) is 1. The first-order valence-electron chi connectivity index (χ1n) is 10.7. The van der Waals surface area contributed by atoms with E-state index in [4.69, 9.17) is 4.74 Å². The Labute approximate surface area is 178 Å². The molecule has 7 heteroatoms. The maximum absolute atomic E-state index is 13.1. The second-order valence-electron chi connectivity index (χ2n) is 9.52. The van der Waals surface area contributed by atoms with Crippen LogP contribution in [0.3, 0.4) is 0 Å². The van der Waals surface area contributed by atoms with Crippen molar-refractivity contribution in [1.82, 2.24) is 15.1 Å². The van der Waals surface area contributed by atoms with Crippen LogP contribution >= 0.6 is 0 Å². The summed E-state index contributed by atoms with van der Waals surface area (Å²) in [6.07, 6.45) is 3.05. The van der Waals surface area contributed by atoms with E-state index in [1.807, 2.05) is 30.3 Å². The first-order chi connectivity index (χ1) is 14.1. The Hall–Kier alpha value is -2.57. The molecule has 1 saturated carbocycles. The Morgan fingerprint density at radius 3 is 2.43 bits per heavy atom. The van der Waals surface area contributed by atoms with Crippen LogP contribution in [0.15, 0.2) is 30.3 Å². The molecule has 1 saturated heterocycles. The fraction of sp³-hybridized carbons (Fsp3) is 0.609. The van der Waals surface area contributed by atoms with Crippen LogP contribution in [-0.2, 0) is 9.59 Å². The van der Waals surface area contributed by atoms with Crippen molar-refractivity contribution in [2.45, 2.75) is 52.0 Å². The van der Waals surface area contributed by atoms with E-state index in [-0.39, 0.29) is 23.8 Å². The topological polar surface area (TPSA) is 79.0 Å². The fourth-order valence-electron chi connectivity index (χ4n) is 4.33. The van der Waals surface area contributed by atoms with E-state index < -0.39 is 11.6 Å². The van der Waals surface area contributed by atoms with Crippen LogP contribution in [0, 0.1) is 11.3 Å². The molecule has 1 aliphatic heterocycles. The van der Waals surface area contributed by atoms with Gasteiger partial charge in [-0.3, -0.25) is 14.5 Å². The van der Waals surface area contributed by atoms with Crippen molar-refractivity contribution in [1.29, 1.82) is 0 Å². The van der Waals surface area contributed by atoms with Gasteiger partial charge in [0.05, 0.1) is 6.54 Å². The minimum absolute atomic E-state index is 0.188. The highest BCUT2D eigenvalue weighted by atomic mass is 16.5. The number of imide groups is 1. The minimum atomic E-state index is -0.839. The summed E-state index contributed by atoms with van der Waals surface area (Å²) >= 11 is 0. The van der Waals surface area contributed by atoms with Crippen molar-refractivity contribution < 1.29 is 19.1 Å². The van der Waals surface area contributed by atoms with Crippen LogP contribution in [0.25, 0.3) is 0 Å². The van der Waals surface area contributed by atoms with E-state index in [2.05, 4.69) is 26.1 Å². The Morgan fingerprint density at radius 1 is 1.20 bits per heavy atom. The zero-order valence-electron chi connectivity index (χ0n) is 18.4. The number of likely N-dealkylation sites (N-methyl/N-ethyl adjacent to an activating group) is 1. The lowest BCUT2D eigenvalue weighted by atomic mass is 9.67. The van der Waals surface area contributed by atoms with Crippen molar-refractivity contribution >= 4 is 17.8 Å². The number of hydrogen-bond donors (Lipinski definition) is 1. The van der Waals surface area contributed by atoms with Gasteiger partial charge in [0.2, 0.25) is 5.91 Å². The second kappa shape index (κ2) is 8.66. The lowest BCUT2D eigenvalue weighted by Gasteiger charge is -2.40. The molecule has 3 rings (SSSR count). The summed E-state index contributed by atoms with van der Waals surface area (Å²) < 4.78 is 5.61. The average Bonchev–Trinajstić information content (AvgIpc) is 2.92. The molecular weight excluding hydrogens is 382 g/mol. The molecule has 2 aliphatic rings. The van der Waals surface area contributed by atoms with Gasteiger partial charge in [-0.05, 0) is 49.1 Å². The predicted octanol–water partition coefficient (Wildman–Crippen LogP) is 3.05. The molecule has 0 unspecified atom stereocenters. The summed E-state index contributed by atoms with van der Waals surface area (Å²) in [4.78, 5) is 40.7. The average molecular weight is 416 g/mol. The molecule has 1 spiro atoms. The van der Waals surface area contributed by atoms with Crippen LogP contribution in [0.5, 0.6) is 5.75 Å². The molecule has 1 aliphatic carbocycles. The normalized spacial score (nSPS) is 24.1. The highest BCUT2D eigenvalue weighted by Gasteiger charge is 2.53. The van der Waals surface area contributed by atoms with Crippen molar-refractivity contribution in [3.05, 3.63) is 30.3 Å². The van der Waals surface area contributed by atoms with Gasteiger partial charge in [0, 0.05) is 7.05 Å². The number of amides is 4. The van der Waals surface area contributed by atoms with Crippen molar-refractivity contribution in [2.24, 2.45) is 11.3 Å². The maximum Gasteiger partial charge on any atom is 0.325 e. The number of urea groups is 1. The maximum atomic E-state index is 13.1. The van der Waals surface area contributed by atoms with Crippen LogP contribution in [-0.4, -0.2) is 59.9 Å². The molecule has 1 aromatic carbocycles. The smallest absolute Gasteiger partial charge is 0.325 e. The number of benzene rings is 1. The molecule has 0 aromatic heterocycles. The molecule has 0 bridgehead atoms. The molecule has 0 atom stereocenters. The monoisotopic (exact) mass is 415 g/mol. The largest absolute Gasteiger partial charge is 0.492 e. The molecule has 7 nitrogen and oxygen atoms in total. The molecule has 1 heterocycles. The summed E-state index contributed by atoms with van der Waals surface area (Å²) in [7, 11) is 1.65. The van der Waals surface area contributed by atoms with Gasteiger partial charge in [0.1, 0.15) is 24.4 Å². The summed E-state index contributed by atoms with van der Waals surface area (Å²) in [5, 5.41) is 2.89. The van der Waals surface area contributed by atoms with Gasteiger partial charge >= 0.3 is 6.03 Å². The van der Waals surface area contributed by atoms with Gasteiger partial charge in [0.15, 0.2) is 0 Å². The first-order valence-corrected chi connectivity index (χ1v) is 10.7. The lowest BCUT2D eigenvalue weighted by Crippen LogP contribution is -2.51. The number of nitrogens with zero attached hydrogens (tertiary/aromatic N) is 2. The van der Waals surface area contributed by atoms with E-state index in [0.29, 0.717) is 31.9 Å². The number of para-hydroxylation sites is 1. The SMILES string of the molecule is CN(CCOc1ccccc1)C(=O)CN1C(=O)NC2(CCC(C(C)(C)C)CC2)C1=O. The molecule has 0 radical (unpaired) electrons. The number of rotatable bonds is 6. The Kier molecular flexibility index (Phi) is 6.38. The molecule has 30 heavy (non-hydrogen) atoms. The van der Waals surface area contributed by atoms with Gasteiger partial charge in [-0.2, -0.15) is 0 Å². The summed E-state index contributed by atoms with van der Waals surface area (Å²) in [5.41, 5.74) is -0.651. The zero-order chi connectivity index (χ0) is 21.9. The predicted molar refractivity (Wildman–Crippen MR) is 114 cm³/mol. The van der Waals surface area contributed by atoms with Crippen molar-refractivity contribution in [3.63, 3.8) is 0 Å². The first kappa shape index (κ1) is 22.1. The molecular formula is C23H33N3O4.